The fourth-order valence-electron chi connectivity index (χ4n) is 3.83. The third-order valence-corrected chi connectivity index (χ3v) is 5.78. The summed E-state index contributed by atoms with van der Waals surface area (Å²) in [5.74, 6) is -11.8. The number of benzene rings is 2. The second-order valence-corrected chi connectivity index (χ2v) is 7.98. The number of nitriles is 3. The summed E-state index contributed by atoms with van der Waals surface area (Å²) in [4.78, 5) is 1.78. The molecule has 1 unspecified atom stereocenters. The lowest BCUT2D eigenvalue weighted by Gasteiger charge is -2.28. The maximum absolute atomic E-state index is 14.8. The van der Waals surface area contributed by atoms with Gasteiger partial charge in [-0.2, -0.15) is 15.8 Å². The number of aliphatic hydroxyl groups is 1. The second kappa shape index (κ2) is 10.5. The van der Waals surface area contributed by atoms with Gasteiger partial charge in [-0.1, -0.05) is 24.3 Å². The summed E-state index contributed by atoms with van der Waals surface area (Å²) < 4.78 is 77.0. The van der Waals surface area contributed by atoms with Crippen LogP contribution in [0.4, 0.5) is 27.6 Å². The Morgan fingerprint density at radius 3 is 1.97 bits per heavy atom. The molecule has 0 aromatic heterocycles. The number of halogens is 5. The molecule has 188 valence electrons. The summed E-state index contributed by atoms with van der Waals surface area (Å²) in [7, 11) is 1.76. The van der Waals surface area contributed by atoms with E-state index >= 15 is 0 Å². The number of likely N-dealkylation sites (N-methyl/N-ethyl adjacent to an activating group) is 1. The quantitative estimate of drug-likeness (QED) is 0.256. The molecule has 0 saturated carbocycles. The smallest absolute Gasteiger partial charge is 0.200 e. The van der Waals surface area contributed by atoms with Gasteiger partial charge < -0.3 is 14.7 Å². The van der Waals surface area contributed by atoms with Crippen molar-refractivity contribution in [3.63, 3.8) is 0 Å². The van der Waals surface area contributed by atoms with Gasteiger partial charge >= 0.3 is 0 Å². The van der Waals surface area contributed by atoms with Gasteiger partial charge in [0.2, 0.25) is 5.82 Å². The van der Waals surface area contributed by atoms with Crippen LogP contribution in [0.3, 0.4) is 0 Å². The first-order valence-corrected chi connectivity index (χ1v) is 10.6. The molecule has 6 nitrogen and oxygen atoms in total. The van der Waals surface area contributed by atoms with Crippen LogP contribution in [-0.2, 0) is 10.3 Å². The van der Waals surface area contributed by atoms with E-state index in [1.54, 1.807) is 42.3 Å². The van der Waals surface area contributed by atoms with E-state index in [4.69, 9.17) is 9.84 Å². The van der Waals surface area contributed by atoms with Crippen LogP contribution in [0.15, 0.2) is 52.8 Å². The number of aliphatic hydroxyl groups excluding tert-OH is 1. The van der Waals surface area contributed by atoms with E-state index in [0.717, 1.165) is 12.6 Å². The molecule has 0 amide bonds. The largest absolute Gasteiger partial charge is 0.474 e. The minimum absolute atomic E-state index is 0.0667. The third-order valence-electron chi connectivity index (χ3n) is 5.78. The molecule has 11 heteroatoms. The van der Waals surface area contributed by atoms with Crippen LogP contribution in [0.25, 0.3) is 6.08 Å². The third kappa shape index (κ3) is 4.63. The molecule has 0 radical (unpaired) electrons. The number of anilines is 1. The van der Waals surface area contributed by atoms with E-state index in [1.165, 1.54) is 24.3 Å². The Hall–Kier alpha value is -4.66. The average molecular weight is 512 g/mol. The minimum atomic E-state index is -2.47. The number of nitrogens with zero attached hydrogens (tertiary/aromatic N) is 4. The maximum Gasteiger partial charge on any atom is 0.200 e. The Bertz CT molecular complexity index is 1430. The molecule has 0 bridgehead atoms. The van der Waals surface area contributed by atoms with Crippen LogP contribution in [0.2, 0.25) is 0 Å². The number of allylic oxidation sites excluding steroid dienone is 2. The topological polar surface area (TPSA) is 104 Å². The average Bonchev–Trinajstić information content (AvgIpc) is 3.17. The molecule has 1 heterocycles. The van der Waals surface area contributed by atoms with Crippen molar-refractivity contribution in [3.05, 3.63) is 93.0 Å². The Kier molecular flexibility index (Phi) is 7.67. The van der Waals surface area contributed by atoms with E-state index < -0.39 is 57.2 Å². The lowest BCUT2D eigenvalue weighted by atomic mass is 9.85. The monoisotopic (exact) mass is 512 g/mol. The summed E-state index contributed by atoms with van der Waals surface area (Å²) in [5, 5.41) is 37.4. The summed E-state index contributed by atoms with van der Waals surface area (Å²) >= 11 is 0. The van der Waals surface area contributed by atoms with Crippen molar-refractivity contribution in [1.82, 2.24) is 0 Å². The minimum Gasteiger partial charge on any atom is -0.474 e. The van der Waals surface area contributed by atoms with Crippen LogP contribution < -0.4 is 4.90 Å². The van der Waals surface area contributed by atoms with E-state index in [0.29, 0.717) is 12.1 Å². The fraction of sp³-hybridized carbons (Fsp3) is 0.192. The van der Waals surface area contributed by atoms with Gasteiger partial charge in [-0.15, -0.1) is 0 Å². The van der Waals surface area contributed by atoms with Crippen molar-refractivity contribution in [2.75, 3.05) is 25.1 Å². The Morgan fingerprint density at radius 1 is 0.946 bits per heavy atom. The summed E-state index contributed by atoms with van der Waals surface area (Å²) in [6, 6.07) is 11.4. The van der Waals surface area contributed by atoms with Gasteiger partial charge in [-0.25, -0.2) is 22.0 Å². The van der Waals surface area contributed by atoms with Crippen molar-refractivity contribution in [1.29, 1.82) is 15.8 Å². The zero-order valence-electron chi connectivity index (χ0n) is 19.4. The second-order valence-electron chi connectivity index (χ2n) is 7.98. The van der Waals surface area contributed by atoms with Crippen LogP contribution in [-0.4, -0.2) is 25.3 Å². The van der Waals surface area contributed by atoms with Crippen LogP contribution in [0.5, 0.6) is 0 Å². The Balaban J connectivity index is 2.25. The molecule has 1 aliphatic heterocycles. The molecular weight excluding hydrogens is 495 g/mol. The molecule has 0 spiro atoms. The molecule has 1 N–H and O–H groups in total. The van der Waals surface area contributed by atoms with Crippen molar-refractivity contribution < 1.29 is 31.8 Å². The van der Waals surface area contributed by atoms with Gasteiger partial charge in [0.15, 0.2) is 40.2 Å². The fourth-order valence-corrected chi connectivity index (χ4v) is 3.83. The highest BCUT2D eigenvalue weighted by atomic mass is 19.2. The molecule has 0 saturated heterocycles. The molecule has 0 fully saturated rings. The number of rotatable bonds is 6. The molecule has 3 rings (SSSR count). The van der Waals surface area contributed by atoms with Crippen molar-refractivity contribution in [2.24, 2.45) is 0 Å². The molecule has 1 aliphatic rings. The van der Waals surface area contributed by atoms with E-state index in [-0.39, 0.29) is 12.2 Å². The van der Waals surface area contributed by atoms with Crippen molar-refractivity contribution >= 4 is 11.8 Å². The predicted octanol–water partition coefficient (Wildman–Crippen LogP) is 4.89. The predicted molar refractivity (Wildman–Crippen MR) is 121 cm³/mol. The van der Waals surface area contributed by atoms with Crippen molar-refractivity contribution in [2.45, 2.75) is 12.5 Å². The molecule has 2 aromatic rings. The summed E-state index contributed by atoms with van der Waals surface area (Å²) in [6.45, 7) is 1.28. The van der Waals surface area contributed by atoms with E-state index in [9.17, 15) is 37.7 Å². The van der Waals surface area contributed by atoms with Gasteiger partial charge in [-0.3, -0.25) is 0 Å². The zero-order valence-corrected chi connectivity index (χ0v) is 19.4. The van der Waals surface area contributed by atoms with Crippen LogP contribution in [0.1, 0.15) is 18.1 Å². The lowest BCUT2D eigenvalue weighted by molar-refractivity contribution is 0.0660. The SMILES string of the molecule is CN(CCO)c1ccc(/C=C/C2=C(C#N)C(=C(C#N)C#N)OC2(C)c2c(F)c(F)c(F)c(F)c2F)cc1. The van der Waals surface area contributed by atoms with Crippen LogP contribution in [0, 0.1) is 63.1 Å². The normalized spacial score (nSPS) is 16.8. The van der Waals surface area contributed by atoms with Gasteiger partial charge in [0.25, 0.3) is 0 Å². The molecular formula is C26H17F5N4O2. The lowest BCUT2D eigenvalue weighted by Crippen LogP contribution is -2.28. The van der Waals surface area contributed by atoms with Gasteiger partial charge in [0.05, 0.1) is 12.2 Å². The maximum atomic E-state index is 14.8. The van der Waals surface area contributed by atoms with Crippen LogP contribution >= 0.6 is 0 Å². The molecule has 37 heavy (non-hydrogen) atoms. The van der Waals surface area contributed by atoms with Gasteiger partial charge in [0.1, 0.15) is 23.8 Å². The highest BCUT2D eigenvalue weighted by Gasteiger charge is 2.49. The standard InChI is InChI=1S/C26H17F5N4O2/c1-26(19-20(27)22(29)24(31)23(30)21(19)28)18(17(13-34)25(37-26)15(11-32)12-33)8-5-14-3-6-16(7-4-14)35(2)9-10-36/h3-8,36H,9-10H2,1-2H3/b8-5+. The van der Waals surface area contributed by atoms with Gasteiger partial charge in [-0.05, 0) is 24.6 Å². The first-order chi connectivity index (χ1) is 17.5. The molecule has 1 atom stereocenters. The summed E-state index contributed by atoms with van der Waals surface area (Å²) in [5.41, 5.74) is -4.13. The van der Waals surface area contributed by atoms with Crippen molar-refractivity contribution in [3.8, 4) is 18.2 Å². The highest BCUT2D eigenvalue weighted by Crippen LogP contribution is 2.49. The number of hydrogen-bond acceptors (Lipinski definition) is 6. The Morgan fingerprint density at radius 2 is 1.49 bits per heavy atom. The highest BCUT2D eigenvalue weighted by molar-refractivity contribution is 5.66. The zero-order chi connectivity index (χ0) is 27.5. The number of hydrogen-bond donors (Lipinski definition) is 1. The van der Waals surface area contributed by atoms with Gasteiger partial charge in [0, 0.05) is 24.9 Å². The van der Waals surface area contributed by atoms with E-state index in [1.807, 2.05) is 0 Å². The molecule has 2 aromatic carbocycles. The molecule has 0 aliphatic carbocycles. The summed E-state index contributed by atoms with van der Waals surface area (Å²) in [6.07, 6.45) is 2.58. The Labute approximate surface area is 208 Å². The first kappa shape index (κ1) is 26.9. The first-order valence-electron chi connectivity index (χ1n) is 10.6. The number of ether oxygens (including phenoxy) is 1. The van der Waals surface area contributed by atoms with E-state index in [2.05, 4.69) is 0 Å².